The van der Waals surface area contributed by atoms with Crippen molar-refractivity contribution in [3.05, 3.63) is 129 Å². The maximum absolute atomic E-state index is 3.02. The summed E-state index contributed by atoms with van der Waals surface area (Å²) in [6, 6.07) is 33.5. The molecule has 1 heterocycles. The summed E-state index contributed by atoms with van der Waals surface area (Å²) in [4.78, 5) is 0. The van der Waals surface area contributed by atoms with E-state index in [-0.39, 0.29) is 35.6 Å². The van der Waals surface area contributed by atoms with E-state index in [4.69, 9.17) is 0 Å². The van der Waals surface area contributed by atoms with Crippen LogP contribution in [0.25, 0.3) is 34.4 Å². The molecule has 268 valence electrons. The Labute approximate surface area is 326 Å². The molecule has 4 aromatic carbocycles. The van der Waals surface area contributed by atoms with Crippen molar-refractivity contribution in [2.24, 2.45) is 11.8 Å². The largest absolute Gasteiger partial charge is 1.00 e. The molecule has 0 saturated carbocycles. The van der Waals surface area contributed by atoms with E-state index in [2.05, 4.69) is 166 Å². The summed E-state index contributed by atoms with van der Waals surface area (Å²) in [5, 5.41) is 0. The van der Waals surface area contributed by atoms with E-state index < -0.39 is 20.0 Å². The molecule has 4 aromatic rings. The third-order valence-corrected chi connectivity index (χ3v) is 30.8. The van der Waals surface area contributed by atoms with Gasteiger partial charge < -0.3 is 24.8 Å². The van der Waals surface area contributed by atoms with E-state index in [1.165, 1.54) is 65.7 Å². The van der Waals surface area contributed by atoms with E-state index in [0.29, 0.717) is 19.2 Å². The van der Waals surface area contributed by atoms with Gasteiger partial charge in [-0.05, 0) is 0 Å². The molecule has 51 heavy (non-hydrogen) atoms. The summed E-state index contributed by atoms with van der Waals surface area (Å²) in [6.07, 6.45) is 7.79. The van der Waals surface area contributed by atoms with Crippen LogP contribution >= 0.6 is 0 Å². The molecule has 0 bridgehead atoms. The smallest absolute Gasteiger partial charge is 1.00 e. The normalized spacial score (nSPS) is 18.2. The number of benzene rings is 4. The third-order valence-electron chi connectivity index (χ3n) is 11.7. The monoisotopic (exact) mass is 884 g/mol. The molecule has 2 unspecified atom stereocenters. The van der Waals surface area contributed by atoms with Gasteiger partial charge in [-0.15, -0.1) is 0 Å². The van der Waals surface area contributed by atoms with E-state index in [1.54, 1.807) is 22.3 Å². The number of hydrogen-bond acceptors (Lipinski definition) is 0. The first-order valence-electron chi connectivity index (χ1n) is 19.1. The fourth-order valence-electron chi connectivity index (χ4n) is 9.27. The predicted octanol–water partition coefficient (Wildman–Crippen LogP) is 8.30. The molecule has 1 saturated heterocycles. The van der Waals surface area contributed by atoms with E-state index >= 15 is 0 Å². The van der Waals surface area contributed by atoms with Gasteiger partial charge in [0.2, 0.25) is 0 Å². The van der Waals surface area contributed by atoms with Crippen LogP contribution in [0.2, 0.25) is 8.35 Å². The van der Waals surface area contributed by atoms with Crippen molar-refractivity contribution < 1.29 is 44.8 Å². The maximum Gasteiger partial charge on any atom is -1.00 e. The standard InChI is InChI=1S/2C23H27.C2H4.2ClH.Hf/c2*1-16(2)13-17-14-19-7-6-8-21(22(19)15-17)18-9-11-20(12-10-18)23(3,4)5;1-2;;;/h2*6-12,14-16H,13H2,1-5H3;1-2H2;2*1H;/q;;;;;+2/p-2. The second-order valence-electron chi connectivity index (χ2n) is 18.5. The van der Waals surface area contributed by atoms with Crippen LogP contribution in [-0.4, -0.2) is 0 Å². The average molecular weight is 884 g/mol. The van der Waals surface area contributed by atoms with Crippen molar-refractivity contribution in [2.75, 3.05) is 0 Å². The molecule has 0 nitrogen and oxygen atoms in total. The van der Waals surface area contributed by atoms with Gasteiger partial charge in [-0.2, -0.15) is 0 Å². The molecule has 0 radical (unpaired) electrons. The van der Waals surface area contributed by atoms with Crippen LogP contribution < -0.4 is 24.8 Å². The average Bonchev–Trinajstić information content (AvgIpc) is 3.59. The third kappa shape index (κ3) is 7.61. The van der Waals surface area contributed by atoms with Gasteiger partial charge in [0, 0.05) is 0 Å². The summed E-state index contributed by atoms with van der Waals surface area (Å²) in [6.45, 7) is 23.6. The van der Waals surface area contributed by atoms with Gasteiger partial charge in [0.25, 0.3) is 0 Å². The molecule has 0 amide bonds. The maximum atomic E-state index is 2.68. The van der Waals surface area contributed by atoms with Crippen LogP contribution in [0.1, 0.15) is 123 Å². The van der Waals surface area contributed by atoms with Crippen molar-refractivity contribution in [1.82, 2.24) is 0 Å². The zero-order valence-corrected chi connectivity index (χ0v) is 37.7. The summed E-state index contributed by atoms with van der Waals surface area (Å²) in [7, 11) is 0. The summed E-state index contributed by atoms with van der Waals surface area (Å²) in [5.74, 6) is 1.32. The Morgan fingerprint density at radius 1 is 0.529 bits per heavy atom. The Morgan fingerprint density at radius 3 is 1.18 bits per heavy atom. The van der Waals surface area contributed by atoms with Gasteiger partial charge >= 0.3 is 304 Å². The molecular weight excluding hydrogens is 826 g/mol. The minimum absolute atomic E-state index is 0. The molecular formula is C48H58Cl2Hf. The first kappa shape index (κ1) is 40.0. The van der Waals surface area contributed by atoms with Crippen molar-refractivity contribution >= 4 is 12.2 Å². The zero-order chi connectivity index (χ0) is 34.9. The van der Waals surface area contributed by atoms with Gasteiger partial charge in [0.05, 0.1) is 0 Å². The van der Waals surface area contributed by atoms with Gasteiger partial charge in [-0.3, -0.25) is 0 Å². The van der Waals surface area contributed by atoms with Crippen molar-refractivity contribution in [2.45, 2.75) is 109 Å². The number of fused-ring (bicyclic) bond motifs is 2. The molecule has 2 aliphatic carbocycles. The Bertz CT molecular complexity index is 1780. The minimum atomic E-state index is -3.02. The molecule has 0 aromatic heterocycles. The van der Waals surface area contributed by atoms with Crippen LogP contribution in [0.15, 0.2) is 96.1 Å². The summed E-state index contributed by atoms with van der Waals surface area (Å²) in [5.41, 5.74) is 18.6. The number of halogens is 2. The molecule has 0 N–H and O–H groups in total. The van der Waals surface area contributed by atoms with Crippen LogP contribution in [0.5, 0.6) is 0 Å². The van der Waals surface area contributed by atoms with Gasteiger partial charge in [-0.25, -0.2) is 0 Å². The molecule has 7 rings (SSSR count). The van der Waals surface area contributed by atoms with Crippen LogP contribution in [0, 0.1) is 11.8 Å². The van der Waals surface area contributed by atoms with Gasteiger partial charge in [0.15, 0.2) is 0 Å². The Balaban J connectivity index is 0.00000252. The molecule has 3 aliphatic rings. The van der Waals surface area contributed by atoms with E-state index in [1.807, 2.05) is 0 Å². The van der Waals surface area contributed by atoms with Crippen molar-refractivity contribution in [3.8, 4) is 22.3 Å². The topological polar surface area (TPSA) is 0 Å². The van der Waals surface area contributed by atoms with Crippen LogP contribution in [-0.2, 0) is 30.8 Å². The second-order valence-corrected chi connectivity index (χ2v) is 35.1. The Kier molecular flexibility index (Phi) is 11.7. The SMILES string of the molecule is CC(C)CC1=Cc2c(-c3ccc(C(C)(C)C)cc3)cccc2[CH]1[Hf+2]1([CH]2C(CC(C)C)=Cc3c(-c4ccc(C(C)(C)C)cc4)cccc32)[CH2][CH2]1.[Cl-].[Cl-]. The molecule has 2 atom stereocenters. The number of allylic oxidation sites excluding steroid dienone is 2. The summed E-state index contributed by atoms with van der Waals surface area (Å²) < 4.78 is 4.39. The first-order chi connectivity index (χ1) is 23.2. The van der Waals surface area contributed by atoms with Gasteiger partial charge in [-0.1, -0.05) is 0 Å². The van der Waals surface area contributed by atoms with Gasteiger partial charge in [0.1, 0.15) is 0 Å². The second kappa shape index (κ2) is 14.9. The molecule has 0 spiro atoms. The number of hydrogen-bond donors (Lipinski definition) is 0. The van der Waals surface area contributed by atoms with E-state index in [0.717, 1.165) is 0 Å². The molecule has 1 aliphatic heterocycles. The predicted molar refractivity (Wildman–Crippen MR) is 211 cm³/mol. The molecule has 3 heteroatoms. The van der Waals surface area contributed by atoms with Crippen LogP contribution in [0.4, 0.5) is 0 Å². The van der Waals surface area contributed by atoms with Crippen molar-refractivity contribution in [1.29, 1.82) is 0 Å². The van der Waals surface area contributed by atoms with E-state index in [9.17, 15) is 0 Å². The Morgan fingerprint density at radius 2 is 0.882 bits per heavy atom. The Hall–Kier alpha value is -2.19. The zero-order valence-electron chi connectivity index (χ0n) is 32.6. The minimum Gasteiger partial charge on any atom is -1.00 e. The first-order valence-corrected chi connectivity index (χ1v) is 28.3. The summed E-state index contributed by atoms with van der Waals surface area (Å²) >= 11 is -3.02. The fraction of sp³-hybridized carbons (Fsp3) is 0.417. The quantitative estimate of drug-likeness (QED) is 0.157. The van der Waals surface area contributed by atoms with Crippen molar-refractivity contribution in [3.63, 3.8) is 0 Å². The number of rotatable bonds is 8. The molecule has 1 fully saturated rings. The fourth-order valence-corrected chi connectivity index (χ4v) is 37.2. The van der Waals surface area contributed by atoms with Crippen LogP contribution in [0.3, 0.4) is 0 Å².